The molecule has 15 nitrogen and oxygen atoms in total. The molecule has 1 aliphatic carbocycles. The van der Waals surface area contributed by atoms with Crippen molar-refractivity contribution < 1.29 is 37.8 Å². The van der Waals surface area contributed by atoms with Gasteiger partial charge in [-0.25, -0.2) is 8.78 Å². The van der Waals surface area contributed by atoms with Gasteiger partial charge in [0.2, 0.25) is 5.91 Å². The molecule has 342 valence electrons. The average Bonchev–Trinajstić information content (AvgIpc) is 4.02. The van der Waals surface area contributed by atoms with Crippen LogP contribution in [0, 0.1) is 29.4 Å². The minimum Gasteiger partial charge on any atom is -0.508 e. The first-order chi connectivity index (χ1) is 31.9. The minimum absolute atomic E-state index is 0.00724. The summed E-state index contributed by atoms with van der Waals surface area (Å²) in [7, 11) is 2.99. The van der Waals surface area contributed by atoms with Gasteiger partial charge in [-0.05, 0) is 73.9 Å². The molecule has 5 heterocycles. The Morgan fingerprint density at radius 3 is 2.50 bits per heavy atom. The molecule has 3 unspecified atom stereocenters. The quantitative estimate of drug-likeness (QED) is 0.0976. The van der Waals surface area contributed by atoms with E-state index in [0.717, 1.165) is 51.0 Å². The molecule has 2 bridgehead atoms. The van der Waals surface area contributed by atoms with Crippen LogP contribution >= 0.6 is 0 Å². The summed E-state index contributed by atoms with van der Waals surface area (Å²) < 4.78 is 38.5. The van der Waals surface area contributed by atoms with E-state index in [1.807, 2.05) is 6.07 Å². The smallest absolute Gasteiger partial charge is 0.319 e. The number of hydrogen-bond donors (Lipinski definition) is 3. The van der Waals surface area contributed by atoms with Crippen molar-refractivity contribution >= 4 is 57.6 Å². The Bertz CT molecular complexity index is 2780. The van der Waals surface area contributed by atoms with Crippen LogP contribution in [0.2, 0.25) is 0 Å². The van der Waals surface area contributed by atoms with Gasteiger partial charge in [-0.2, -0.15) is 9.97 Å². The number of nitrogens with one attached hydrogen (secondary N) is 2. The number of terminal acetylenes is 1. The highest BCUT2D eigenvalue weighted by molar-refractivity contribution is 6.04. The van der Waals surface area contributed by atoms with Crippen molar-refractivity contribution in [1.82, 2.24) is 35.4 Å². The van der Waals surface area contributed by atoms with E-state index in [1.54, 1.807) is 12.1 Å². The first-order valence-electron chi connectivity index (χ1n) is 22.3. The molecule has 5 aromatic rings. The van der Waals surface area contributed by atoms with Crippen LogP contribution in [-0.4, -0.2) is 139 Å². The molecule has 17 heteroatoms. The fraction of sp³-hybridized carbons (Fsp3) is 0.408. The number of carbonyl (C=O) groups excluding carboxylic acids is 4. The van der Waals surface area contributed by atoms with Crippen LogP contribution in [0.15, 0.2) is 48.7 Å². The van der Waals surface area contributed by atoms with E-state index in [2.05, 4.69) is 41.2 Å². The van der Waals surface area contributed by atoms with Crippen molar-refractivity contribution in [3.63, 3.8) is 0 Å². The Labute approximate surface area is 380 Å². The van der Waals surface area contributed by atoms with Crippen LogP contribution in [0.4, 0.5) is 20.3 Å². The normalized spacial score (nSPS) is 19.3. The van der Waals surface area contributed by atoms with Gasteiger partial charge >= 0.3 is 6.01 Å². The number of hydrogen-bond acceptors (Lipinski definition) is 13. The van der Waals surface area contributed by atoms with Crippen molar-refractivity contribution in [2.45, 2.75) is 56.7 Å². The van der Waals surface area contributed by atoms with Gasteiger partial charge in [0.15, 0.2) is 12.1 Å². The molecule has 0 spiro atoms. The molecule has 4 fully saturated rings. The third-order valence-corrected chi connectivity index (χ3v) is 13.7. The number of aromatic nitrogens is 3. The first-order valence-corrected chi connectivity index (χ1v) is 22.3. The van der Waals surface area contributed by atoms with Gasteiger partial charge in [0, 0.05) is 112 Å². The maximum atomic E-state index is 17.1. The molecule has 3 N–H and O–H groups in total. The van der Waals surface area contributed by atoms with E-state index in [1.165, 1.54) is 49.5 Å². The lowest BCUT2D eigenvalue weighted by atomic mass is 9.96. The summed E-state index contributed by atoms with van der Waals surface area (Å²) in [5.41, 5.74) is 0.964. The number of carbonyl (C=O) groups is 4. The monoisotopic (exact) mass is 899 g/mol. The number of nitrogens with zero attached hydrogens (tertiary/aromatic N) is 7. The number of amides is 2. The molecule has 3 aromatic carbocycles. The van der Waals surface area contributed by atoms with Crippen molar-refractivity contribution in [3.05, 3.63) is 77.0 Å². The maximum Gasteiger partial charge on any atom is 0.319 e. The summed E-state index contributed by atoms with van der Waals surface area (Å²) in [4.78, 5) is 71.3. The third kappa shape index (κ3) is 8.70. The second-order valence-electron chi connectivity index (χ2n) is 18.0. The lowest BCUT2D eigenvalue weighted by Gasteiger charge is -2.38. The summed E-state index contributed by atoms with van der Waals surface area (Å²) in [6.07, 6.45) is 12.7. The molecule has 1 saturated carbocycles. The zero-order chi connectivity index (χ0) is 46.3. The van der Waals surface area contributed by atoms with Crippen molar-refractivity contribution in [1.29, 1.82) is 0 Å². The molecule has 3 saturated heterocycles. The largest absolute Gasteiger partial charge is 0.508 e. The zero-order valence-corrected chi connectivity index (χ0v) is 36.9. The van der Waals surface area contributed by atoms with E-state index in [-0.39, 0.29) is 86.9 Å². The Kier molecular flexibility index (Phi) is 12.3. The molecule has 3 aliphatic heterocycles. The predicted octanol–water partition coefficient (Wildman–Crippen LogP) is 4.71. The lowest BCUT2D eigenvalue weighted by molar-refractivity contribution is -0.121. The topological polar surface area (TPSA) is 173 Å². The molecule has 66 heavy (non-hydrogen) atoms. The Morgan fingerprint density at radius 2 is 1.82 bits per heavy atom. The average molecular weight is 900 g/mol. The van der Waals surface area contributed by atoms with Crippen LogP contribution in [0.25, 0.3) is 32.9 Å². The maximum absolute atomic E-state index is 17.1. The number of benzene rings is 3. The number of phenolic OH excluding ortho intramolecular Hbond substituents is 1. The summed E-state index contributed by atoms with van der Waals surface area (Å²) in [6, 6.07) is 10.3. The number of aldehydes is 2. The number of anilines is 2. The number of rotatable bonds is 15. The van der Waals surface area contributed by atoms with Crippen LogP contribution < -0.4 is 25.2 Å². The van der Waals surface area contributed by atoms with E-state index in [4.69, 9.17) is 16.1 Å². The summed E-state index contributed by atoms with van der Waals surface area (Å²) >= 11 is 0. The van der Waals surface area contributed by atoms with Gasteiger partial charge in [0.05, 0.1) is 29.2 Å². The Morgan fingerprint density at radius 1 is 1.06 bits per heavy atom. The summed E-state index contributed by atoms with van der Waals surface area (Å²) in [6.45, 7) is 5.26. The van der Waals surface area contributed by atoms with E-state index in [9.17, 15) is 24.3 Å². The third-order valence-electron chi connectivity index (χ3n) is 13.7. The highest BCUT2D eigenvalue weighted by atomic mass is 19.1. The highest BCUT2D eigenvalue weighted by Gasteiger charge is 2.45. The number of likely N-dealkylation sites (N-methyl/N-ethyl adjacent to an activating group) is 1. The Balaban J connectivity index is 0.910. The Hall–Kier alpha value is -6.77. The number of halogens is 2. The molecule has 3 atom stereocenters. The van der Waals surface area contributed by atoms with Crippen LogP contribution in [0.1, 0.15) is 64.8 Å². The number of fused-ring (bicyclic) bond motifs is 4. The summed E-state index contributed by atoms with van der Waals surface area (Å²) in [5, 5.41) is 17.9. The van der Waals surface area contributed by atoms with Gasteiger partial charge in [0.25, 0.3) is 5.91 Å². The van der Waals surface area contributed by atoms with Crippen molar-refractivity contribution in [2.24, 2.45) is 5.41 Å². The van der Waals surface area contributed by atoms with E-state index in [0.29, 0.717) is 61.9 Å². The standard InChI is InChI=1S/C49H51F2N9O6/c1-4-36-40(50)11-5-29-20-35(63)21-38(42(29)36)44-43(51)45-39(22-53-44)46(60-23-31-6-7-32(24-60)54-31)56-48(55-45)66-28-49(13-14-49)27-58-15-17-59(18-16-58)33-8-10-37(30(19-33)25-61)47(65)57(3)34(26-62)9-12-41(64)52-2/h1,5,8,10-11,19-22,25-26,31-32,34,54,63H,6-7,9,12-18,23-24,27-28H2,2-3H3,(H,52,64). The minimum atomic E-state index is -0.822. The van der Waals surface area contributed by atoms with Gasteiger partial charge in [-0.3, -0.25) is 24.3 Å². The number of piperazine rings is 2. The number of ether oxygens (including phenoxy) is 1. The fourth-order valence-electron chi connectivity index (χ4n) is 9.76. The SMILES string of the molecule is C#Cc1c(F)ccc2cc(O)cc(-c3ncc4c(N5CC6CCC(C5)N6)nc(OCC5(CN6CCN(c7ccc(C(=O)N(C)C(C=O)CCC(=O)NC)c(C=O)c7)CC6)CC5)nc4c3F)c12. The molecule has 0 radical (unpaired) electrons. The van der Waals surface area contributed by atoms with Crippen LogP contribution in [0.5, 0.6) is 11.8 Å². The van der Waals surface area contributed by atoms with Gasteiger partial charge in [-0.1, -0.05) is 12.0 Å². The van der Waals surface area contributed by atoms with Crippen molar-refractivity contribution in [3.8, 4) is 35.4 Å². The summed E-state index contributed by atoms with van der Waals surface area (Å²) in [5.74, 6) is 0.614. The van der Waals surface area contributed by atoms with Crippen LogP contribution in [-0.2, 0) is 9.59 Å². The van der Waals surface area contributed by atoms with E-state index < -0.39 is 23.6 Å². The predicted molar refractivity (Wildman–Crippen MR) is 245 cm³/mol. The first kappa shape index (κ1) is 44.4. The zero-order valence-electron chi connectivity index (χ0n) is 36.9. The molecule has 4 aliphatic rings. The highest BCUT2D eigenvalue weighted by Crippen LogP contribution is 2.47. The van der Waals surface area contributed by atoms with Gasteiger partial charge in [-0.15, -0.1) is 6.42 Å². The number of pyridine rings is 1. The number of phenols is 1. The molecule has 9 rings (SSSR count). The second-order valence-corrected chi connectivity index (χ2v) is 18.0. The van der Waals surface area contributed by atoms with Gasteiger partial charge < -0.3 is 40.0 Å². The lowest BCUT2D eigenvalue weighted by Crippen LogP contribution is -2.51. The number of aromatic hydroxyl groups is 1. The van der Waals surface area contributed by atoms with E-state index >= 15 is 8.78 Å². The molecule has 2 aromatic heterocycles. The van der Waals surface area contributed by atoms with Crippen molar-refractivity contribution in [2.75, 3.05) is 76.3 Å². The molecule has 2 amide bonds. The molecular formula is C49H51F2N9O6. The van der Waals surface area contributed by atoms with Gasteiger partial charge in [0.1, 0.15) is 34.9 Å². The van der Waals surface area contributed by atoms with Crippen LogP contribution in [0.3, 0.4) is 0 Å². The fourth-order valence-corrected chi connectivity index (χ4v) is 9.76. The second kappa shape index (κ2) is 18.2. The molecular weight excluding hydrogens is 849 g/mol.